The highest BCUT2D eigenvalue weighted by molar-refractivity contribution is 9.10. The van der Waals surface area contributed by atoms with E-state index in [9.17, 15) is 0 Å². The van der Waals surface area contributed by atoms with Crippen LogP contribution in [0.2, 0.25) is 0 Å². The van der Waals surface area contributed by atoms with Crippen LogP contribution in [0.5, 0.6) is 0 Å². The van der Waals surface area contributed by atoms with Crippen molar-refractivity contribution in [1.29, 1.82) is 0 Å². The van der Waals surface area contributed by atoms with Gasteiger partial charge in [0, 0.05) is 18.9 Å². The zero-order chi connectivity index (χ0) is 12.4. The van der Waals surface area contributed by atoms with Crippen molar-refractivity contribution in [2.24, 2.45) is 0 Å². The molecule has 2 rings (SSSR count). The van der Waals surface area contributed by atoms with Crippen LogP contribution in [0.1, 0.15) is 18.3 Å². The molecule has 90 valence electrons. The molecule has 0 saturated heterocycles. The number of hydrogen-bond acceptors (Lipinski definition) is 4. The quantitative estimate of drug-likeness (QED) is 0.946. The number of aromatic nitrogens is 4. The van der Waals surface area contributed by atoms with E-state index in [0.717, 1.165) is 28.1 Å². The van der Waals surface area contributed by atoms with E-state index >= 15 is 0 Å². The summed E-state index contributed by atoms with van der Waals surface area (Å²) in [6.45, 7) is 6.93. The first kappa shape index (κ1) is 12.0. The highest BCUT2D eigenvalue weighted by Crippen LogP contribution is 2.22. The van der Waals surface area contributed by atoms with Crippen molar-refractivity contribution in [2.75, 3.05) is 5.32 Å². The van der Waals surface area contributed by atoms with E-state index in [-0.39, 0.29) is 0 Å². The number of halogens is 1. The largest absolute Gasteiger partial charge is 0.321 e. The summed E-state index contributed by atoms with van der Waals surface area (Å²) in [6, 6.07) is 0. The minimum atomic E-state index is 0.579. The monoisotopic (exact) mass is 295 g/mol. The molecule has 0 aliphatic rings. The van der Waals surface area contributed by atoms with Crippen LogP contribution >= 0.6 is 15.9 Å². The van der Waals surface area contributed by atoms with Crippen LogP contribution in [-0.2, 0) is 6.54 Å². The van der Waals surface area contributed by atoms with Crippen molar-refractivity contribution in [3.05, 3.63) is 28.3 Å². The van der Waals surface area contributed by atoms with E-state index in [0.29, 0.717) is 5.95 Å². The molecule has 5 nitrogen and oxygen atoms in total. The summed E-state index contributed by atoms with van der Waals surface area (Å²) in [4.78, 5) is 8.37. The van der Waals surface area contributed by atoms with Crippen LogP contribution in [0.3, 0.4) is 0 Å². The minimum Gasteiger partial charge on any atom is -0.321 e. The molecule has 0 unspecified atom stereocenters. The summed E-state index contributed by atoms with van der Waals surface area (Å²) < 4.78 is 2.82. The first-order chi connectivity index (χ1) is 8.11. The first-order valence-corrected chi connectivity index (χ1v) is 6.19. The topological polar surface area (TPSA) is 55.6 Å². The number of nitrogens with zero attached hydrogens (tertiary/aromatic N) is 4. The molecule has 2 heterocycles. The summed E-state index contributed by atoms with van der Waals surface area (Å²) >= 11 is 3.31. The van der Waals surface area contributed by atoms with Gasteiger partial charge in [0.2, 0.25) is 5.95 Å². The third-order valence-electron chi connectivity index (χ3n) is 2.54. The van der Waals surface area contributed by atoms with Gasteiger partial charge in [0.15, 0.2) is 0 Å². The minimum absolute atomic E-state index is 0.579. The Balaban J connectivity index is 2.29. The van der Waals surface area contributed by atoms with Gasteiger partial charge in [0.25, 0.3) is 0 Å². The summed E-state index contributed by atoms with van der Waals surface area (Å²) in [5, 5.41) is 7.63. The molecule has 1 N–H and O–H groups in total. The molecule has 2 aromatic heterocycles. The van der Waals surface area contributed by atoms with Crippen LogP contribution < -0.4 is 5.32 Å². The van der Waals surface area contributed by atoms with Gasteiger partial charge in [0.05, 0.1) is 21.5 Å². The number of hydrogen-bond donors (Lipinski definition) is 1. The zero-order valence-corrected chi connectivity index (χ0v) is 11.6. The summed E-state index contributed by atoms with van der Waals surface area (Å²) in [5.41, 5.74) is 3.03. The number of nitrogens with one attached hydrogen (secondary N) is 1. The van der Waals surface area contributed by atoms with E-state index in [4.69, 9.17) is 0 Å². The van der Waals surface area contributed by atoms with Gasteiger partial charge in [-0.05, 0) is 36.7 Å². The normalized spacial score (nSPS) is 10.6. The zero-order valence-electron chi connectivity index (χ0n) is 10.0. The van der Waals surface area contributed by atoms with Crippen molar-refractivity contribution in [3.63, 3.8) is 0 Å². The number of aryl methyl sites for hydroxylation is 2. The lowest BCUT2D eigenvalue weighted by molar-refractivity contribution is 0.634. The molecular weight excluding hydrogens is 282 g/mol. The van der Waals surface area contributed by atoms with Crippen molar-refractivity contribution < 1.29 is 0 Å². The fourth-order valence-electron chi connectivity index (χ4n) is 1.67. The van der Waals surface area contributed by atoms with Gasteiger partial charge in [-0.3, -0.25) is 4.68 Å². The predicted molar refractivity (Wildman–Crippen MR) is 70.4 cm³/mol. The van der Waals surface area contributed by atoms with Crippen LogP contribution in [0.15, 0.2) is 16.9 Å². The first-order valence-electron chi connectivity index (χ1n) is 5.40. The molecule has 0 aromatic carbocycles. The second-order valence-corrected chi connectivity index (χ2v) is 4.63. The van der Waals surface area contributed by atoms with Crippen LogP contribution in [0.4, 0.5) is 11.6 Å². The van der Waals surface area contributed by atoms with Gasteiger partial charge in [-0.2, -0.15) is 5.10 Å². The maximum Gasteiger partial charge on any atom is 0.227 e. The standard InChI is InChI=1S/C11H14BrN5/c1-4-17-8(3)10(7(2)16-17)15-11-13-5-9(12)6-14-11/h5-6H,4H2,1-3H3,(H,13,14,15). The molecule has 0 aliphatic heterocycles. The lowest BCUT2D eigenvalue weighted by Gasteiger charge is -2.05. The molecule has 0 radical (unpaired) electrons. The van der Waals surface area contributed by atoms with Gasteiger partial charge in [-0.25, -0.2) is 9.97 Å². The van der Waals surface area contributed by atoms with Gasteiger partial charge in [-0.1, -0.05) is 0 Å². The van der Waals surface area contributed by atoms with E-state index in [2.05, 4.69) is 43.2 Å². The Morgan fingerprint density at radius 3 is 2.47 bits per heavy atom. The Morgan fingerprint density at radius 2 is 1.94 bits per heavy atom. The van der Waals surface area contributed by atoms with E-state index in [1.807, 2.05) is 18.5 Å². The third kappa shape index (κ3) is 2.46. The van der Waals surface area contributed by atoms with Gasteiger partial charge >= 0.3 is 0 Å². The molecule has 0 aliphatic carbocycles. The van der Waals surface area contributed by atoms with Crippen molar-refractivity contribution >= 4 is 27.6 Å². The summed E-state index contributed by atoms with van der Waals surface area (Å²) in [7, 11) is 0. The second-order valence-electron chi connectivity index (χ2n) is 3.71. The fourth-order valence-corrected chi connectivity index (χ4v) is 1.88. The number of rotatable bonds is 3. The highest BCUT2D eigenvalue weighted by atomic mass is 79.9. The number of anilines is 2. The lowest BCUT2D eigenvalue weighted by Crippen LogP contribution is -2.01. The van der Waals surface area contributed by atoms with Crippen LogP contribution in [0, 0.1) is 13.8 Å². The maximum absolute atomic E-state index is 4.43. The predicted octanol–water partition coefficient (Wildman–Crippen LogP) is 2.82. The third-order valence-corrected chi connectivity index (χ3v) is 2.95. The van der Waals surface area contributed by atoms with E-state index in [1.54, 1.807) is 12.4 Å². The Kier molecular flexibility index (Phi) is 3.42. The molecule has 0 bridgehead atoms. The summed E-state index contributed by atoms with van der Waals surface area (Å²) in [5.74, 6) is 0.579. The molecule has 0 spiro atoms. The Morgan fingerprint density at radius 1 is 1.29 bits per heavy atom. The molecule has 2 aromatic rings. The van der Waals surface area contributed by atoms with Crippen molar-refractivity contribution in [1.82, 2.24) is 19.7 Å². The smallest absolute Gasteiger partial charge is 0.227 e. The molecule has 0 saturated carbocycles. The highest BCUT2D eigenvalue weighted by Gasteiger charge is 2.11. The molecular formula is C11H14BrN5. The fraction of sp³-hybridized carbons (Fsp3) is 0.364. The lowest BCUT2D eigenvalue weighted by atomic mass is 10.3. The van der Waals surface area contributed by atoms with Gasteiger partial charge in [-0.15, -0.1) is 0 Å². The average molecular weight is 296 g/mol. The average Bonchev–Trinajstić information content (AvgIpc) is 2.59. The second kappa shape index (κ2) is 4.83. The van der Waals surface area contributed by atoms with Gasteiger partial charge in [0.1, 0.15) is 0 Å². The Bertz CT molecular complexity index is 517. The molecule has 6 heteroatoms. The molecule has 17 heavy (non-hydrogen) atoms. The van der Waals surface area contributed by atoms with Gasteiger partial charge < -0.3 is 5.32 Å². The van der Waals surface area contributed by atoms with Crippen molar-refractivity contribution in [2.45, 2.75) is 27.3 Å². The van der Waals surface area contributed by atoms with E-state index < -0.39 is 0 Å². The summed E-state index contributed by atoms with van der Waals surface area (Å²) in [6.07, 6.45) is 3.43. The SMILES string of the molecule is CCn1nc(C)c(Nc2ncc(Br)cn2)c1C. The molecule has 0 fully saturated rings. The maximum atomic E-state index is 4.43. The van der Waals surface area contributed by atoms with Crippen LogP contribution in [0.25, 0.3) is 0 Å². The van der Waals surface area contributed by atoms with E-state index in [1.165, 1.54) is 0 Å². The Labute approximate surface area is 108 Å². The Hall–Kier alpha value is -1.43. The van der Waals surface area contributed by atoms with Crippen molar-refractivity contribution in [3.8, 4) is 0 Å². The molecule has 0 atom stereocenters. The van der Waals surface area contributed by atoms with Crippen LogP contribution in [-0.4, -0.2) is 19.7 Å². The molecule has 0 amide bonds.